The predicted molar refractivity (Wildman–Crippen MR) is 219 cm³/mol. The van der Waals surface area contributed by atoms with Crippen LogP contribution in [0.1, 0.15) is 11.1 Å². The Kier molecular flexibility index (Phi) is 5.80. The first-order chi connectivity index (χ1) is 26.3. The second kappa shape index (κ2) is 10.7. The molecule has 0 amide bonds. The quantitative estimate of drug-likeness (QED) is 0.186. The molecule has 4 heteroatoms. The van der Waals surface area contributed by atoms with Crippen molar-refractivity contribution in [1.82, 2.24) is 9.13 Å². The van der Waals surface area contributed by atoms with Crippen molar-refractivity contribution in [1.29, 1.82) is 0 Å². The van der Waals surface area contributed by atoms with Crippen LogP contribution in [0.15, 0.2) is 179 Å². The summed E-state index contributed by atoms with van der Waals surface area (Å²) in [5.74, 6) is 0. The summed E-state index contributed by atoms with van der Waals surface area (Å²) in [6, 6.07) is 60.5. The molecule has 248 valence electrons. The van der Waals surface area contributed by atoms with Crippen LogP contribution in [0.4, 0.5) is 0 Å². The van der Waals surface area contributed by atoms with Gasteiger partial charge in [0.25, 0.3) is 0 Å². The number of fused-ring (bicyclic) bond motifs is 12. The molecule has 0 saturated heterocycles. The maximum Gasteiger partial charge on any atom is 0.159 e. The lowest BCUT2D eigenvalue weighted by Crippen LogP contribution is -1.94. The van der Waals surface area contributed by atoms with E-state index in [9.17, 15) is 0 Å². The van der Waals surface area contributed by atoms with Crippen LogP contribution < -0.4 is 0 Å². The van der Waals surface area contributed by atoms with Gasteiger partial charge in [0.05, 0.1) is 33.4 Å². The van der Waals surface area contributed by atoms with Gasteiger partial charge in [-0.1, -0.05) is 127 Å². The van der Waals surface area contributed by atoms with Crippen LogP contribution in [-0.2, 0) is 6.42 Å². The average molecular weight is 679 g/mol. The summed E-state index contributed by atoms with van der Waals surface area (Å²) >= 11 is 0. The molecule has 12 rings (SSSR count). The van der Waals surface area contributed by atoms with Crippen molar-refractivity contribution in [3.63, 3.8) is 0 Å². The van der Waals surface area contributed by atoms with Gasteiger partial charge in [-0.15, -0.1) is 0 Å². The molecule has 53 heavy (non-hydrogen) atoms. The van der Waals surface area contributed by atoms with Crippen molar-refractivity contribution in [2.75, 3.05) is 0 Å². The number of benzene rings is 8. The molecule has 4 heterocycles. The van der Waals surface area contributed by atoms with Gasteiger partial charge in [-0.3, -0.25) is 0 Å². The fraction of sp³-hybridized carbons (Fsp3) is 0.0204. The Labute approximate surface area is 303 Å². The number of para-hydroxylation sites is 6. The highest BCUT2D eigenvalue weighted by atomic mass is 16.3. The molecule has 12 aromatic rings. The van der Waals surface area contributed by atoms with Gasteiger partial charge in [0.2, 0.25) is 0 Å². The van der Waals surface area contributed by atoms with Gasteiger partial charge in [-0.05, 0) is 48.0 Å². The number of furan rings is 2. The van der Waals surface area contributed by atoms with Crippen LogP contribution in [0.5, 0.6) is 0 Å². The van der Waals surface area contributed by atoms with E-state index < -0.39 is 0 Å². The highest BCUT2D eigenvalue weighted by molar-refractivity contribution is 6.20. The maximum atomic E-state index is 7.19. The fourth-order valence-corrected chi connectivity index (χ4v) is 8.96. The largest absolute Gasteiger partial charge is 0.454 e. The molecule has 0 atom stereocenters. The molecule has 0 saturated carbocycles. The Morgan fingerprint density at radius 3 is 1.36 bits per heavy atom. The number of rotatable bonds is 4. The van der Waals surface area contributed by atoms with E-state index in [0.29, 0.717) is 6.42 Å². The molecule has 0 aliphatic carbocycles. The highest BCUT2D eigenvalue weighted by Gasteiger charge is 2.24. The van der Waals surface area contributed by atoms with Gasteiger partial charge in [-0.25, -0.2) is 0 Å². The van der Waals surface area contributed by atoms with Crippen LogP contribution in [-0.4, -0.2) is 9.13 Å². The number of hydrogen-bond acceptors (Lipinski definition) is 2. The van der Waals surface area contributed by atoms with Crippen LogP contribution in [0.2, 0.25) is 0 Å². The van der Waals surface area contributed by atoms with Gasteiger partial charge in [0, 0.05) is 55.1 Å². The lowest BCUT2D eigenvalue weighted by atomic mass is 9.96. The van der Waals surface area contributed by atoms with E-state index >= 15 is 0 Å². The van der Waals surface area contributed by atoms with Crippen LogP contribution in [0.3, 0.4) is 0 Å². The van der Waals surface area contributed by atoms with E-state index in [1.807, 2.05) is 0 Å². The fourth-order valence-electron chi connectivity index (χ4n) is 8.96. The normalized spacial score (nSPS) is 12.2. The van der Waals surface area contributed by atoms with Gasteiger partial charge < -0.3 is 18.0 Å². The summed E-state index contributed by atoms with van der Waals surface area (Å²) in [7, 11) is 0. The van der Waals surface area contributed by atoms with E-state index in [1.165, 1.54) is 27.1 Å². The molecule has 0 aliphatic rings. The Bertz CT molecular complexity index is 3200. The van der Waals surface area contributed by atoms with E-state index in [0.717, 1.165) is 82.9 Å². The maximum absolute atomic E-state index is 7.19. The minimum atomic E-state index is 0.702. The molecular weight excluding hydrogens is 649 g/mol. The molecular formula is C49H30N2O2. The zero-order valence-corrected chi connectivity index (χ0v) is 28.6. The van der Waals surface area contributed by atoms with E-state index in [-0.39, 0.29) is 0 Å². The summed E-state index contributed by atoms with van der Waals surface area (Å²) in [6.07, 6.45) is 0.702. The zero-order valence-electron chi connectivity index (χ0n) is 28.6. The summed E-state index contributed by atoms with van der Waals surface area (Å²) in [5.41, 5.74) is 12.5. The van der Waals surface area contributed by atoms with Crippen LogP contribution >= 0.6 is 0 Å². The standard InChI is InChI=1S/C49H30N2O2/c1-2-14-30(15-3-1)28-38-46-36-21-13-27-44(51-41-24-10-6-18-33(41)34-19-7-11-25-42(34)51)49(36)52-45(46)29-37-35-20-12-26-43(48(35)53-47(37)38)50-39-22-8-4-16-31(39)32-17-5-9-23-40(32)50/h1-27,29H,28H2. The zero-order chi connectivity index (χ0) is 34.6. The molecule has 0 bridgehead atoms. The second-order valence-corrected chi connectivity index (χ2v) is 14.0. The Hall–Kier alpha value is -7.04. The van der Waals surface area contributed by atoms with Gasteiger partial charge >= 0.3 is 0 Å². The predicted octanol–water partition coefficient (Wildman–Crippen LogP) is 13.3. The lowest BCUT2D eigenvalue weighted by molar-refractivity contribution is 0.658. The molecule has 4 aromatic heterocycles. The van der Waals surface area contributed by atoms with Gasteiger partial charge in [0.1, 0.15) is 11.2 Å². The topological polar surface area (TPSA) is 36.1 Å². The Morgan fingerprint density at radius 1 is 0.358 bits per heavy atom. The second-order valence-electron chi connectivity index (χ2n) is 14.0. The van der Waals surface area contributed by atoms with Crippen LogP contribution in [0, 0.1) is 0 Å². The van der Waals surface area contributed by atoms with Gasteiger partial charge in [0.15, 0.2) is 11.2 Å². The minimum Gasteiger partial charge on any atom is -0.454 e. The van der Waals surface area contributed by atoms with E-state index in [2.05, 4.69) is 179 Å². The first-order valence-electron chi connectivity index (χ1n) is 18.2. The monoisotopic (exact) mass is 678 g/mol. The van der Waals surface area contributed by atoms with E-state index in [4.69, 9.17) is 8.83 Å². The minimum absolute atomic E-state index is 0.702. The number of nitrogens with zero attached hydrogens (tertiary/aromatic N) is 2. The Balaban J connectivity index is 1.19. The molecule has 4 nitrogen and oxygen atoms in total. The molecule has 0 N–H and O–H groups in total. The molecule has 0 unspecified atom stereocenters. The summed E-state index contributed by atoms with van der Waals surface area (Å²) < 4.78 is 18.9. The van der Waals surface area contributed by atoms with Crippen LogP contribution in [0.25, 0.3) is 98.9 Å². The number of hydrogen-bond donors (Lipinski definition) is 0. The third-order valence-electron chi connectivity index (χ3n) is 11.2. The van der Waals surface area contributed by atoms with Crippen molar-refractivity contribution < 1.29 is 8.83 Å². The van der Waals surface area contributed by atoms with Crippen molar-refractivity contribution in [3.8, 4) is 11.4 Å². The highest BCUT2D eigenvalue weighted by Crippen LogP contribution is 2.45. The lowest BCUT2D eigenvalue weighted by Gasteiger charge is -2.09. The third kappa shape index (κ3) is 3.95. The average Bonchev–Trinajstić information content (AvgIpc) is 3.96. The van der Waals surface area contributed by atoms with Gasteiger partial charge in [-0.2, -0.15) is 0 Å². The number of aromatic nitrogens is 2. The van der Waals surface area contributed by atoms with Crippen molar-refractivity contribution in [2.45, 2.75) is 6.42 Å². The first kappa shape index (κ1) is 28.6. The summed E-state index contributed by atoms with van der Waals surface area (Å²) in [6.45, 7) is 0. The third-order valence-corrected chi connectivity index (χ3v) is 11.2. The summed E-state index contributed by atoms with van der Waals surface area (Å²) in [5, 5.41) is 9.20. The van der Waals surface area contributed by atoms with Crippen molar-refractivity contribution >= 4 is 87.5 Å². The first-order valence-corrected chi connectivity index (χ1v) is 18.2. The smallest absolute Gasteiger partial charge is 0.159 e. The summed E-state index contributed by atoms with van der Waals surface area (Å²) in [4.78, 5) is 0. The van der Waals surface area contributed by atoms with Crippen molar-refractivity contribution in [2.24, 2.45) is 0 Å². The molecule has 0 aliphatic heterocycles. The van der Waals surface area contributed by atoms with Crippen molar-refractivity contribution in [3.05, 3.63) is 181 Å². The SMILES string of the molecule is c1ccc(Cc2c3oc4c(-n5c6ccccc6c6ccccc65)cccc4c3cc3oc4c(-n5c6ccccc6c6ccccc65)cccc4c23)cc1. The Morgan fingerprint density at radius 2 is 0.811 bits per heavy atom. The molecule has 0 fully saturated rings. The molecule has 8 aromatic carbocycles. The van der Waals surface area contributed by atoms with E-state index in [1.54, 1.807) is 0 Å². The molecule has 0 radical (unpaired) electrons. The molecule has 0 spiro atoms.